The van der Waals surface area contributed by atoms with Gasteiger partial charge < -0.3 is 4.90 Å². The Kier molecular flexibility index (Phi) is 6.17. The molecule has 0 bridgehead atoms. The number of fused-ring (bicyclic) bond motifs is 1. The largest absolute Gasteiger partial charge is 0.419 e. The molecule has 2 aromatic heterocycles. The molecular weight excluding hydrogens is 465 g/mol. The van der Waals surface area contributed by atoms with Crippen LogP contribution >= 0.6 is 0 Å². The van der Waals surface area contributed by atoms with Crippen LogP contribution in [0.25, 0.3) is 22.3 Å². The van der Waals surface area contributed by atoms with Gasteiger partial charge in [-0.2, -0.15) is 23.3 Å². The number of alkyl halides is 3. The normalized spacial score (nSPS) is 20.1. The van der Waals surface area contributed by atoms with E-state index in [0.29, 0.717) is 35.0 Å². The Labute approximate surface area is 200 Å². The molecule has 0 spiro atoms. The Hall–Kier alpha value is -2.78. The van der Waals surface area contributed by atoms with E-state index >= 15 is 0 Å². The summed E-state index contributed by atoms with van der Waals surface area (Å²) in [6.07, 6.45) is 5.98. The van der Waals surface area contributed by atoms with Crippen LogP contribution in [0.4, 0.5) is 27.9 Å². The molecule has 5 rings (SSSR count). The van der Waals surface area contributed by atoms with Crippen LogP contribution in [-0.2, 0) is 13.2 Å². The quantitative estimate of drug-likeness (QED) is 0.387. The lowest BCUT2D eigenvalue weighted by atomic mass is 9.80. The van der Waals surface area contributed by atoms with E-state index in [1.807, 2.05) is 0 Å². The monoisotopic (exact) mass is 493 g/mol. The summed E-state index contributed by atoms with van der Waals surface area (Å²) in [7, 11) is 1.61. The second-order valence-electron chi connectivity index (χ2n) is 9.76. The molecule has 0 radical (unpaired) electrons. The zero-order valence-corrected chi connectivity index (χ0v) is 19.8. The van der Waals surface area contributed by atoms with Crippen LogP contribution in [0, 0.1) is 24.5 Å². The van der Waals surface area contributed by atoms with Crippen molar-refractivity contribution in [3.8, 4) is 11.3 Å². The van der Waals surface area contributed by atoms with Crippen LogP contribution in [0.3, 0.4) is 0 Å². The maximum atomic E-state index is 15.0. The van der Waals surface area contributed by atoms with E-state index in [0.717, 1.165) is 26.3 Å². The smallest absolute Gasteiger partial charge is 0.338 e. The minimum Gasteiger partial charge on any atom is -0.338 e. The first kappa shape index (κ1) is 23.9. The lowest BCUT2D eigenvalue weighted by molar-refractivity contribution is -0.140. The number of halogens is 5. The maximum absolute atomic E-state index is 15.0. The van der Waals surface area contributed by atoms with Gasteiger partial charge in [-0.05, 0) is 51.0 Å². The molecule has 3 aromatic rings. The number of nitrogens with zero attached hydrogens (tertiary/aromatic N) is 5. The third-order valence-corrected chi connectivity index (χ3v) is 7.55. The molecule has 0 amide bonds. The second kappa shape index (κ2) is 9.02. The van der Waals surface area contributed by atoms with Gasteiger partial charge in [0.05, 0.1) is 10.9 Å². The Balaban J connectivity index is 1.57. The zero-order chi connectivity index (χ0) is 24.9. The topological polar surface area (TPSA) is 46.8 Å². The number of hydrogen-bond donors (Lipinski definition) is 0. The van der Waals surface area contributed by atoms with Crippen molar-refractivity contribution in [3.63, 3.8) is 0 Å². The summed E-state index contributed by atoms with van der Waals surface area (Å²) < 4.78 is 70.8. The van der Waals surface area contributed by atoms with E-state index in [9.17, 15) is 22.0 Å². The SMILES string of the molecule is Cc1c(F)c(-c2nn(C)c3nc(N4CCCCC4C4CCCCC4)ncc23)cc(C(F)(F)F)c1F. The lowest BCUT2D eigenvalue weighted by Crippen LogP contribution is -2.45. The molecule has 1 saturated heterocycles. The van der Waals surface area contributed by atoms with Gasteiger partial charge in [0.1, 0.15) is 17.3 Å². The van der Waals surface area contributed by atoms with E-state index in [1.54, 1.807) is 7.05 Å². The molecule has 188 valence electrons. The molecule has 1 atom stereocenters. The van der Waals surface area contributed by atoms with Gasteiger partial charge in [-0.25, -0.2) is 18.4 Å². The van der Waals surface area contributed by atoms with Crippen LogP contribution in [0.1, 0.15) is 62.5 Å². The molecule has 10 heteroatoms. The Morgan fingerprint density at radius 3 is 2.40 bits per heavy atom. The van der Waals surface area contributed by atoms with Gasteiger partial charge in [-0.1, -0.05) is 19.3 Å². The van der Waals surface area contributed by atoms with Crippen LogP contribution < -0.4 is 4.90 Å². The van der Waals surface area contributed by atoms with Crippen LogP contribution in [-0.4, -0.2) is 32.3 Å². The summed E-state index contributed by atoms with van der Waals surface area (Å²) in [5, 5.41) is 4.60. The number of piperidine rings is 1. The van der Waals surface area contributed by atoms with E-state index in [-0.39, 0.29) is 5.69 Å². The number of aryl methyl sites for hydroxylation is 1. The summed E-state index contributed by atoms with van der Waals surface area (Å²) in [6.45, 7) is 1.84. The summed E-state index contributed by atoms with van der Waals surface area (Å²) in [6, 6.07) is 0.845. The maximum Gasteiger partial charge on any atom is 0.419 e. The van der Waals surface area contributed by atoms with E-state index < -0.39 is 34.5 Å². The average Bonchev–Trinajstić information content (AvgIpc) is 3.18. The van der Waals surface area contributed by atoms with E-state index in [1.165, 1.54) is 49.4 Å². The minimum absolute atomic E-state index is 0.0392. The number of anilines is 1. The molecule has 35 heavy (non-hydrogen) atoms. The first-order valence-electron chi connectivity index (χ1n) is 12.2. The molecule has 1 aliphatic carbocycles. The van der Waals surface area contributed by atoms with Crippen molar-refractivity contribution in [2.24, 2.45) is 13.0 Å². The van der Waals surface area contributed by atoms with Crippen LogP contribution in [0.15, 0.2) is 12.3 Å². The van der Waals surface area contributed by atoms with Gasteiger partial charge in [0.2, 0.25) is 5.95 Å². The molecule has 2 aliphatic rings. The fraction of sp³-hybridized carbons (Fsp3) is 0.560. The number of hydrogen-bond acceptors (Lipinski definition) is 4. The highest BCUT2D eigenvalue weighted by Gasteiger charge is 2.37. The van der Waals surface area contributed by atoms with Crippen LogP contribution in [0.5, 0.6) is 0 Å². The Morgan fingerprint density at radius 2 is 1.69 bits per heavy atom. The summed E-state index contributed by atoms with van der Waals surface area (Å²) in [5.41, 5.74) is -2.28. The molecule has 1 aromatic carbocycles. The lowest BCUT2D eigenvalue weighted by Gasteiger charge is -2.41. The second-order valence-corrected chi connectivity index (χ2v) is 9.76. The molecule has 3 heterocycles. The molecular formula is C25H28F5N5. The standard InChI is InChI=1S/C25H28F5N5/c1-14-20(26)16(12-18(21(14)27)25(28,29)30)22-17-13-31-24(32-23(17)34(2)33-22)35-11-7-6-10-19(35)15-8-4-3-5-9-15/h12-13,15,19H,3-11H2,1-2H3. The Morgan fingerprint density at radius 1 is 0.971 bits per heavy atom. The highest BCUT2D eigenvalue weighted by atomic mass is 19.4. The van der Waals surface area contributed by atoms with Gasteiger partial charge in [-0.3, -0.25) is 0 Å². The molecule has 0 N–H and O–H groups in total. The molecule has 1 aliphatic heterocycles. The molecule has 1 saturated carbocycles. The van der Waals surface area contributed by atoms with Crippen LogP contribution in [0.2, 0.25) is 0 Å². The molecule has 2 fully saturated rings. The van der Waals surface area contributed by atoms with Gasteiger partial charge in [0.15, 0.2) is 5.65 Å². The Bertz CT molecular complexity index is 1250. The van der Waals surface area contributed by atoms with Crippen molar-refractivity contribution in [2.75, 3.05) is 11.4 Å². The fourth-order valence-electron chi connectivity index (χ4n) is 5.73. The first-order valence-corrected chi connectivity index (χ1v) is 12.2. The predicted octanol–water partition coefficient (Wildman–Crippen LogP) is 6.57. The average molecular weight is 494 g/mol. The van der Waals surface area contributed by atoms with Crippen molar-refractivity contribution in [2.45, 2.75) is 70.5 Å². The van der Waals surface area contributed by atoms with Gasteiger partial charge in [-0.15, -0.1) is 0 Å². The highest BCUT2D eigenvalue weighted by Crippen LogP contribution is 2.40. The van der Waals surface area contributed by atoms with Crippen molar-refractivity contribution in [3.05, 3.63) is 35.0 Å². The minimum atomic E-state index is -4.96. The zero-order valence-electron chi connectivity index (χ0n) is 19.8. The van der Waals surface area contributed by atoms with E-state index in [4.69, 9.17) is 4.98 Å². The number of rotatable bonds is 3. The van der Waals surface area contributed by atoms with Crippen molar-refractivity contribution in [1.29, 1.82) is 0 Å². The van der Waals surface area contributed by atoms with Gasteiger partial charge in [0.25, 0.3) is 0 Å². The van der Waals surface area contributed by atoms with E-state index in [2.05, 4.69) is 15.0 Å². The number of benzene rings is 1. The third-order valence-electron chi connectivity index (χ3n) is 7.55. The highest BCUT2D eigenvalue weighted by molar-refractivity contribution is 5.91. The summed E-state index contributed by atoms with van der Waals surface area (Å²) in [4.78, 5) is 11.5. The molecule has 5 nitrogen and oxygen atoms in total. The molecule has 1 unspecified atom stereocenters. The van der Waals surface area contributed by atoms with Crippen molar-refractivity contribution < 1.29 is 22.0 Å². The van der Waals surface area contributed by atoms with Gasteiger partial charge >= 0.3 is 6.18 Å². The third kappa shape index (κ3) is 4.25. The first-order chi connectivity index (χ1) is 16.7. The van der Waals surface area contributed by atoms with Gasteiger partial charge in [0, 0.05) is 37.0 Å². The summed E-state index contributed by atoms with van der Waals surface area (Å²) in [5.74, 6) is -1.53. The van der Waals surface area contributed by atoms with Crippen molar-refractivity contribution >= 4 is 17.0 Å². The summed E-state index contributed by atoms with van der Waals surface area (Å²) >= 11 is 0. The fourth-order valence-corrected chi connectivity index (χ4v) is 5.73. The number of aromatic nitrogens is 4. The van der Waals surface area contributed by atoms with Crippen molar-refractivity contribution in [1.82, 2.24) is 19.7 Å². The predicted molar refractivity (Wildman–Crippen MR) is 123 cm³/mol.